The van der Waals surface area contributed by atoms with Gasteiger partial charge in [-0.1, -0.05) is 29.3 Å². The number of hydrogen-bond acceptors (Lipinski definition) is 2. The van der Waals surface area contributed by atoms with E-state index in [9.17, 15) is 0 Å². The van der Waals surface area contributed by atoms with Crippen LogP contribution in [0.15, 0.2) is 18.2 Å². The van der Waals surface area contributed by atoms with Crippen molar-refractivity contribution in [1.82, 2.24) is 0 Å². The maximum atomic E-state index is 5.97. The molecule has 0 saturated heterocycles. The SMILES string of the molecule is COC(C)CNc1c(Cl)cccc1Cl. The van der Waals surface area contributed by atoms with Gasteiger partial charge < -0.3 is 10.1 Å². The zero-order valence-electron chi connectivity index (χ0n) is 8.18. The molecule has 14 heavy (non-hydrogen) atoms. The fraction of sp³-hybridized carbons (Fsp3) is 0.400. The second-order valence-electron chi connectivity index (χ2n) is 3.02. The molecule has 1 aromatic carbocycles. The van der Waals surface area contributed by atoms with Gasteiger partial charge >= 0.3 is 0 Å². The first-order valence-electron chi connectivity index (χ1n) is 4.36. The van der Waals surface area contributed by atoms with Gasteiger partial charge in [-0.05, 0) is 19.1 Å². The summed E-state index contributed by atoms with van der Waals surface area (Å²) in [6, 6.07) is 5.41. The van der Waals surface area contributed by atoms with Crippen LogP contribution in [0.3, 0.4) is 0 Å². The van der Waals surface area contributed by atoms with E-state index in [2.05, 4.69) is 5.32 Å². The molecule has 1 aromatic rings. The Hall–Kier alpha value is -0.440. The lowest BCUT2D eigenvalue weighted by Crippen LogP contribution is -2.18. The van der Waals surface area contributed by atoms with Crippen molar-refractivity contribution in [1.29, 1.82) is 0 Å². The molecule has 0 bridgehead atoms. The van der Waals surface area contributed by atoms with Crippen molar-refractivity contribution in [2.24, 2.45) is 0 Å². The Morgan fingerprint density at radius 3 is 2.43 bits per heavy atom. The molecule has 0 amide bonds. The summed E-state index contributed by atoms with van der Waals surface area (Å²) < 4.78 is 5.10. The Kier molecular flexibility index (Phi) is 4.52. The molecule has 0 aliphatic rings. The highest BCUT2D eigenvalue weighted by Gasteiger charge is 2.06. The van der Waals surface area contributed by atoms with E-state index in [1.165, 1.54) is 0 Å². The number of rotatable bonds is 4. The third kappa shape index (κ3) is 3.05. The van der Waals surface area contributed by atoms with E-state index in [1.807, 2.05) is 13.0 Å². The van der Waals surface area contributed by atoms with Crippen LogP contribution in [0, 0.1) is 0 Å². The van der Waals surface area contributed by atoms with Crippen LogP contribution in [0.1, 0.15) is 6.92 Å². The predicted octanol–water partition coefficient (Wildman–Crippen LogP) is 3.44. The molecule has 1 N–H and O–H groups in total. The van der Waals surface area contributed by atoms with Gasteiger partial charge in [0.15, 0.2) is 0 Å². The monoisotopic (exact) mass is 233 g/mol. The van der Waals surface area contributed by atoms with Crippen molar-refractivity contribution >= 4 is 28.9 Å². The predicted molar refractivity (Wildman–Crippen MR) is 61.4 cm³/mol. The van der Waals surface area contributed by atoms with Crippen molar-refractivity contribution < 1.29 is 4.74 Å². The van der Waals surface area contributed by atoms with Crippen molar-refractivity contribution in [3.8, 4) is 0 Å². The maximum Gasteiger partial charge on any atom is 0.0719 e. The molecule has 78 valence electrons. The van der Waals surface area contributed by atoms with Crippen LogP contribution in [0.25, 0.3) is 0 Å². The minimum absolute atomic E-state index is 0.127. The van der Waals surface area contributed by atoms with Gasteiger partial charge in [0, 0.05) is 13.7 Å². The average molecular weight is 234 g/mol. The van der Waals surface area contributed by atoms with Crippen molar-refractivity contribution in [2.75, 3.05) is 19.0 Å². The van der Waals surface area contributed by atoms with Crippen LogP contribution in [0.4, 0.5) is 5.69 Å². The van der Waals surface area contributed by atoms with Gasteiger partial charge in [0.05, 0.1) is 21.8 Å². The Labute approximate surface area is 94.2 Å². The summed E-state index contributed by atoms with van der Waals surface area (Å²) in [6.45, 7) is 2.65. The zero-order chi connectivity index (χ0) is 10.6. The summed E-state index contributed by atoms with van der Waals surface area (Å²) in [5.41, 5.74) is 0.764. The van der Waals surface area contributed by atoms with Gasteiger partial charge in [0.2, 0.25) is 0 Å². The number of benzene rings is 1. The Morgan fingerprint density at radius 2 is 1.93 bits per heavy atom. The minimum atomic E-state index is 0.127. The van der Waals surface area contributed by atoms with E-state index in [0.717, 1.165) is 5.69 Å². The first kappa shape index (κ1) is 11.6. The highest BCUT2D eigenvalue weighted by atomic mass is 35.5. The molecule has 0 aliphatic heterocycles. The molecule has 0 aromatic heterocycles. The molecule has 0 radical (unpaired) electrons. The van der Waals surface area contributed by atoms with Crippen LogP contribution in [0.5, 0.6) is 0 Å². The van der Waals surface area contributed by atoms with E-state index in [1.54, 1.807) is 19.2 Å². The average Bonchev–Trinajstić information content (AvgIpc) is 2.16. The summed E-state index contributed by atoms with van der Waals surface area (Å²) >= 11 is 11.9. The Bertz CT molecular complexity index is 284. The molecule has 0 aliphatic carbocycles. The maximum absolute atomic E-state index is 5.97. The molecule has 4 heteroatoms. The third-order valence-corrected chi connectivity index (χ3v) is 2.56. The highest BCUT2D eigenvalue weighted by Crippen LogP contribution is 2.29. The number of para-hydroxylation sites is 1. The number of hydrogen-bond donors (Lipinski definition) is 1. The van der Waals surface area contributed by atoms with Crippen molar-refractivity contribution in [3.63, 3.8) is 0 Å². The number of ether oxygens (including phenoxy) is 1. The zero-order valence-corrected chi connectivity index (χ0v) is 9.69. The van der Waals surface area contributed by atoms with Gasteiger partial charge in [-0.25, -0.2) is 0 Å². The lowest BCUT2D eigenvalue weighted by atomic mass is 10.3. The van der Waals surface area contributed by atoms with Crippen LogP contribution in [0.2, 0.25) is 10.0 Å². The van der Waals surface area contributed by atoms with E-state index in [-0.39, 0.29) is 6.10 Å². The summed E-state index contributed by atoms with van der Waals surface area (Å²) in [6.07, 6.45) is 0.127. The van der Waals surface area contributed by atoms with Gasteiger partial charge in [0.25, 0.3) is 0 Å². The van der Waals surface area contributed by atoms with E-state index >= 15 is 0 Å². The molecule has 0 saturated carbocycles. The number of methoxy groups -OCH3 is 1. The molecule has 0 fully saturated rings. The first-order valence-corrected chi connectivity index (χ1v) is 5.11. The van der Waals surface area contributed by atoms with Crippen LogP contribution < -0.4 is 5.32 Å². The van der Waals surface area contributed by atoms with Crippen LogP contribution >= 0.6 is 23.2 Å². The lowest BCUT2D eigenvalue weighted by Gasteiger charge is -2.13. The number of anilines is 1. The second-order valence-corrected chi connectivity index (χ2v) is 3.84. The lowest BCUT2D eigenvalue weighted by molar-refractivity contribution is 0.129. The van der Waals surface area contributed by atoms with Crippen LogP contribution in [-0.4, -0.2) is 19.8 Å². The van der Waals surface area contributed by atoms with Gasteiger partial charge in [-0.3, -0.25) is 0 Å². The Balaban J connectivity index is 2.66. The summed E-state index contributed by atoms with van der Waals surface area (Å²) in [5.74, 6) is 0. The molecule has 0 spiro atoms. The fourth-order valence-corrected chi connectivity index (χ4v) is 1.53. The summed E-state index contributed by atoms with van der Waals surface area (Å²) in [7, 11) is 1.67. The minimum Gasteiger partial charge on any atom is -0.380 e. The fourth-order valence-electron chi connectivity index (χ4n) is 0.996. The topological polar surface area (TPSA) is 21.3 Å². The molecule has 0 heterocycles. The first-order chi connectivity index (χ1) is 6.65. The molecule has 2 nitrogen and oxygen atoms in total. The molecule has 1 atom stereocenters. The standard InChI is InChI=1S/C10H13Cl2NO/c1-7(14-2)6-13-10-8(11)4-3-5-9(10)12/h3-5,7,13H,6H2,1-2H3. The van der Waals surface area contributed by atoms with Gasteiger partial charge in [-0.2, -0.15) is 0 Å². The Morgan fingerprint density at radius 1 is 1.36 bits per heavy atom. The normalized spacial score (nSPS) is 12.6. The molecule has 1 rings (SSSR count). The summed E-state index contributed by atoms with van der Waals surface area (Å²) in [4.78, 5) is 0. The van der Waals surface area contributed by atoms with E-state index in [0.29, 0.717) is 16.6 Å². The van der Waals surface area contributed by atoms with E-state index in [4.69, 9.17) is 27.9 Å². The third-order valence-electron chi connectivity index (χ3n) is 1.93. The molecular weight excluding hydrogens is 221 g/mol. The van der Waals surface area contributed by atoms with Crippen LogP contribution in [-0.2, 0) is 4.74 Å². The smallest absolute Gasteiger partial charge is 0.0719 e. The van der Waals surface area contributed by atoms with Crippen molar-refractivity contribution in [2.45, 2.75) is 13.0 Å². The number of nitrogens with one attached hydrogen (secondary N) is 1. The van der Waals surface area contributed by atoms with Gasteiger partial charge in [0.1, 0.15) is 0 Å². The van der Waals surface area contributed by atoms with E-state index < -0.39 is 0 Å². The highest BCUT2D eigenvalue weighted by molar-refractivity contribution is 6.39. The number of halogens is 2. The van der Waals surface area contributed by atoms with Gasteiger partial charge in [-0.15, -0.1) is 0 Å². The second kappa shape index (κ2) is 5.44. The quantitative estimate of drug-likeness (QED) is 0.861. The molecule has 1 unspecified atom stereocenters. The summed E-state index contributed by atoms with van der Waals surface area (Å²) in [5, 5.41) is 4.39. The molecular formula is C10H13Cl2NO. The van der Waals surface area contributed by atoms with Crippen molar-refractivity contribution in [3.05, 3.63) is 28.2 Å². The largest absolute Gasteiger partial charge is 0.380 e.